The molecule has 204 valence electrons. The number of hydrogen-bond acceptors (Lipinski definition) is 7. The third-order valence-corrected chi connectivity index (χ3v) is 7.59. The molecule has 0 bridgehead atoms. The number of ether oxygens (including phenoxy) is 2. The Morgan fingerprint density at radius 3 is 2.29 bits per heavy atom. The summed E-state index contributed by atoms with van der Waals surface area (Å²) in [6, 6.07) is 22.4. The quantitative estimate of drug-likeness (QED) is 0.132. The minimum absolute atomic E-state index is 0.172. The molecule has 8 heteroatoms. The van der Waals surface area contributed by atoms with E-state index in [0.29, 0.717) is 52.0 Å². The molecule has 1 saturated heterocycles. The normalized spacial score (nSPS) is 17.9. The molecule has 2 heterocycles. The van der Waals surface area contributed by atoms with Crippen molar-refractivity contribution in [2.75, 3.05) is 18.6 Å². The van der Waals surface area contributed by atoms with Crippen LogP contribution in [-0.4, -0.2) is 42.3 Å². The molecule has 2 atom stereocenters. The number of methoxy groups -OCH3 is 1. The first-order valence-electron chi connectivity index (χ1n) is 13.3. The van der Waals surface area contributed by atoms with Gasteiger partial charge in [0, 0.05) is 16.5 Å². The number of pyridine rings is 1. The number of imide groups is 1. The summed E-state index contributed by atoms with van der Waals surface area (Å²) in [6.45, 7) is -0.428. The van der Waals surface area contributed by atoms with Crippen molar-refractivity contribution in [3.05, 3.63) is 102 Å². The Morgan fingerprint density at radius 2 is 1.59 bits per heavy atom. The molecule has 1 aromatic heterocycles. The van der Waals surface area contributed by atoms with Crippen LogP contribution in [0.3, 0.4) is 0 Å². The summed E-state index contributed by atoms with van der Waals surface area (Å²) in [4.78, 5) is 57.8. The Hall–Kier alpha value is -5.11. The lowest BCUT2D eigenvalue weighted by atomic mass is 9.85. The minimum Gasteiger partial charge on any atom is -0.497 e. The summed E-state index contributed by atoms with van der Waals surface area (Å²) in [6.07, 6.45) is 5.08. The van der Waals surface area contributed by atoms with E-state index in [1.54, 1.807) is 72.8 Å². The highest BCUT2D eigenvalue weighted by Crippen LogP contribution is 2.38. The number of benzene rings is 3. The number of para-hydroxylation sites is 1. The lowest BCUT2D eigenvalue weighted by Gasteiger charge is -2.15. The Bertz CT molecular complexity index is 1700. The molecule has 0 spiro atoms. The number of carbonyl (C=O) groups excluding carboxylic acids is 4. The Labute approximate surface area is 236 Å². The van der Waals surface area contributed by atoms with Gasteiger partial charge in [0.1, 0.15) is 5.75 Å². The largest absolute Gasteiger partial charge is 0.497 e. The zero-order valence-electron chi connectivity index (χ0n) is 22.3. The van der Waals surface area contributed by atoms with Crippen molar-refractivity contribution >= 4 is 40.2 Å². The zero-order chi connectivity index (χ0) is 28.5. The van der Waals surface area contributed by atoms with Crippen LogP contribution < -0.4 is 9.64 Å². The fraction of sp³-hybridized carbons (Fsp3) is 0.182. The third kappa shape index (κ3) is 4.89. The average molecular weight is 547 g/mol. The number of allylic oxidation sites excluding steroid dienone is 2. The monoisotopic (exact) mass is 546 g/mol. The van der Waals surface area contributed by atoms with Crippen LogP contribution in [0.15, 0.2) is 91.0 Å². The highest BCUT2D eigenvalue weighted by Gasteiger charge is 2.47. The first-order valence-corrected chi connectivity index (χ1v) is 13.3. The first-order chi connectivity index (χ1) is 19.9. The van der Waals surface area contributed by atoms with E-state index < -0.39 is 12.6 Å². The van der Waals surface area contributed by atoms with E-state index >= 15 is 0 Å². The molecule has 4 aromatic rings. The lowest BCUT2D eigenvalue weighted by molar-refractivity contribution is -0.122. The van der Waals surface area contributed by atoms with Crippen LogP contribution in [0.1, 0.15) is 33.6 Å². The molecule has 1 aliphatic heterocycles. The van der Waals surface area contributed by atoms with Gasteiger partial charge in [0.05, 0.1) is 41.4 Å². The molecule has 2 amide bonds. The smallest absolute Gasteiger partial charge is 0.339 e. The van der Waals surface area contributed by atoms with Crippen LogP contribution >= 0.6 is 0 Å². The standard InChI is InChI=1S/C33H26N2O6/c1-40-23-8-6-7-21(17-23)30(36)19-41-33(39)27-18-29(34-28-12-5-4-9-24(27)28)20-13-15-22(16-14-20)35-31(37)25-10-2-3-11-26(25)32(35)38/h2-9,12-18,25-26H,10-11,19H2,1H3. The van der Waals surface area contributed by atoms with Gasteiger partial charge in [-0.1, -0.05) is 54.6 Å². The van der Waals surface area contributed by atoms with E-state index in [1.807, 2.05) is 18.2 Å². The molecule has 0 saturated carbocycles. The zero-order valence-corrected chi connectivity index (χ0v) is 22.3. The number of Topliss-reactive ketones (excluding diaryl/α,β-unsaturated/α-hetero) is 1. The number of amides is 2. The molecule has 0 radical (unpaired) electrons. The van der Waals surface area contributed by atoms with E-state index in [9.17, 15) is 19.2 Å². The predicted octanol–water partition coefficient (Wildman–Crippen LogP) is 5.41. The highest BCUT2D eigenvalue weighted by atomic mass is 16.5. The maximum Gasteiger partial charge on any atom is 0.339 e. The number of anilines is 1. The van der Waals surface area contributed by atoms with Gasteiger partial charge >= 0.3 is 5.97 Å². The van der Waals surface area contributed by atoms with Gasteiger partial charge < -0.3 is 9.47 Å². The molecule has 1 aliphatic carbocycles. The Morgan fingerprint density at radius 1 is 0.878 bits per heavy atom. The van der Waals surface area contributed by atoms with Crippen LogP contribution in [0.5, 0.6) is 5.75 Å². The maximum absolute atomic E-state index is 13.2. The number of hydrogen-bond donors (Lipinski definition) is 0. The molecule has 41 heavy (non-hydrogen) atoms. The van der Waals surface area contributed by atoms with Crippen molar-refractivity contribution in [2.24, 2.45) is 11.8 Å². The predicted molar refractivity (Wildman–Crippen MR) is 153 cm³/mol. The topological polar surface area (TPSA) is 103 Å². The van der Waals surface area contributed by atoms with Gasteiger partial charge in [-0.05, 0) is 49.2 Å². The number of rotatable bonds is 7. The SMILES string of the molecule is COc1cccc(C(=O)COC(=O)c2cc(-c3ccc(N4C(=O)C5CC=CCC5C4=O)cc3)nc3ccccc23)c1. The molecule has 2 unspecified atom stereocenters. The average Bonchev–Trinajstić information content (AvgIpc) is 3.28. The van der Waals surface area contributed by atoms with E-state index in [4.69, 9.17) is 14.5 Å². The van der Waals surface area contributed by atoms with Gasteiger partial charge in [0.2, 0.25) is 11.8 Å². The van der Waals surface area contributed by atoms with E-state index in [1.165, 1.54) is 12.0 Å². The highest BCUT2D eigenvalue weighted by molar-refractivity contribution is 6.22. The fourth-order valence-electron chi connectivity index (χ4n) is 5.42. The number of fused-ring (bicyclic) bond motifs is 2. The second kappa shape index (κ2) is 10.8. The number of nitrogens with zero attached hydrogens (tertiary/aromatic N) is 2. The van der Waals surface area contributed by atoms with Gasteiger partial charge in [0.15, 0.2) is 12.4 Å². The van der Waals surface area contributed by atoms with Crippen LogP contribution in [0.4, 0.5) is 5.69 Å². The lowest BCUT2D eigenvalue weighted by Crippen LogP contribution is -2.30. The number of carbonyl (C=O) groups is 4. The molecule has 3 aromatic carbocycles. The molecule has 0 N–H and O–H groups in total. The second-order valence-electron chi connectivity index (χ2n) is 10.0. The van der Waals surface area contributed by atoms with E-state index in [2.05, 4.69) is 0 Å². The summed E-state index contributed by atoms with van der Waals surface area (Å²) >= 11 is 0. The molecule has 1 fully saturated rings. The number of aromatic nitrogens is 1. The van der Waals surface area contributed by atoms with Crippen molar-refractivity contribution in [2.45, 2.75) is 12.8 Å². The maximum atomic E-state index is 13.2. The fourth-order valence-corrected chi connectivity index (χ4v) is 5.42. The van der Waals surface area contributed by atoms with E-state index in [-0.39, 0.29) is 35.0 Å². The summed E-state index contributed by atoms with van der Waals surface area (Å²) < 4.78 is 10.6. The number of esters is 1. The van der Waals surface area contributed by atoms with E-state index in [0.717, 1.165) is 0 Å². The Balaban J connectivity index is 1.25. The van der Waals surface area contributed by atoms with Gasteiger partial charge in [-0.2, -0.15) is 0 Å². The van der Waals surface area contributed by atoms with Crippen molar-refractivity contribution in [1.82, 2.24) is 4.98 Å². The van der Waals surface area contributed by atoms with Crippen LogP contribution in [-0.2, 0) is 14.3 Å². The first kappa shape index (κ1) is 26.1. The van der Waals surface area contributed by atoms with Crippen molar-refractivity contribution in [1.29, 1.82) is 0 Å². The van der Waals surface area contributed by atoms with Crippen LogP contribution in [0.25, 0.3) is 22.2 Å². The van der Waals surface area contributed by atoms with Crippen LogP contribution in [0, 0.1) is 11.8 Å². The summed E-state index contributed by atoms with van der Waals surface area (Å²) in [5.41, 5.74) is 2.95. The van der Waals surface area contributed by atoms with Crippen LogP contribution in [0.2, 0.25) is 0 Å². The van der Waals surface area contributed by atoms with Gasteiger partial charge in [-0.3, -0.25) is 19.3 Å². The Kier molecular flexibility index (Phi) is 6.89. The van der Waals surface area contributed by atoms with Crippen molar-refractivity contribution in [3.8, 4) is 17.0 Å². The number of ketones is 1. The third-order valence-electron chi connectivity index (χ3n) is 7.59. The molecule has 8 nitrogen and oxygen atoms in total. The van der Waals surface area contributed by atoms with Gasteiger partial charge in [-0.15, -0.1) is 0 Å². The molecular weight excluding hydrogens is 520 g/mol. The summed E-state index contributed by atoms with van der Waals surface area (Å²) in [5.74, 6) is -1.43. The van der Waals surface area contributed by atoms with Gasteiger partial charge in [-0.25, -0.2) is 9.78 Å². The second-order valence-corrected chi connectivity index (χ2v) is 10.0. The summed E-state index contributed by atoms with van der Waals surface area (Å²) in [7, 11) is 1.51. The minimum atomic E-state index is -0.651. The summed E-state index contributed by atoms with van der Waals surface area (Å²) in [5, 5.41) is 0.594. The van der Waals surface area contributed by atoms with Crippen molar-refractivity contribution < 1.29 is 28.7 Å². The molecule has 6 rings (SSSR count). The molecular formula is C33H26N2O6. The van der Waals surface area contributed by atoms with Gasteiger partial charge in [0.25, 0.3) is 0 Å². The molecule has 2 aliphatic rings. The van der Waals surface area contributed by atoms with Crippen molar-refractivity contribution in [3.63, 3.8) is 0 Å².